The molecule has 0 spiro atoms. The van der Waals surface area contributed by atoms with E-state index in [9.17, 15) is 0 Å². The first-order chi connectivity index (χ1) is 9.65. The van der Waals surface area contributed by atoms with Crippen molar-refractivity contribution in [1.82, 2.24) is 9.97 Å². The molecule has 0 atom stereocenters. The minimum atomic E-state index is 0.799. The smallest absolute Gasteiger partial charge is 0.128 e. The van der Waals surface area contributed by atoms with Gasteiger partial charge >= 0.3 is 0 Å². The van der Waals surface area contributed by atoms with Crippen molar-refractivity contribution >= 4 is 39.0 Å². The molecular weight excluding hydrogens is 286 g/mol. The van der Waals surface area contributed by atoms with Crippen molar-refractivity contribution < 1.29 is 0 Å². The monoisotopic (exact) mass is 301 g/mol. The van der Waals surface area contributed by atoms with Crippen molar-refractivity contribution in [3.05, 3.63) is 46.6 Å². The lowest BCUT2D eigenvalue weighted by molar-refractivity contribution is 1.10. The molecule has 3 rings (SSSR count). The first-order valence-corrected chi connectivity index (χ1v) is 8.13. The van der Waals surface area contributed by atoms with E-state index in [1.807, 2.05) is 12.1 Å². The van der Waals surface area contributed by atoms with Gasteiger partial charge < -0.3 is 5.73 Å². The number of hydrogen-bond donors (Lipinski definition) is 1. The highest BCUT2D eigenvalue weighted by molar-refractivity contribution is 7.98. The van der Waals surface area contributed by atoms with Crippen molar-refractivity contribution in [3.63, 3.8) is 0 Å². The second-order valence-electron chi connectivity index (χ2n) is 4.67. The van der Waals surface area contributed by atoms with E-state index in [-0.39, 0.29) is 0 Å². The maximum Gasteiger partial charge on any atom is 0.128 e. The van der Waals surface area contributed by atoms with Gasteiger partial charge in [-0.15, -0.1) is 23.1 Å². The Morgan fingerprint density at radius 3 is 2.65 bits per heavy atom. The zero-order chi connectivity index (χ0) is 14.1. The molecule has 0 amide bonds. The highest BCUT2D eigenvalue weighted by atomic mass is 32.2. The Labute approximate surface area is 126 Å². The summed E-state index contributed by atoms with van der Waals surface area (Å²) in [6.07, 6.45) is 1.66. The van der Waals surface area contributed by atoms with Crippen LogP contribution >= 0.6 is 23.1 Å². The molecule has 3 aromatic rings. The Hall–Kier alpha value is -1.59. The number of aryl methyl sites for hydroxylation is 2. The Bertz CT molecular complexity index is 748. The normalized spacial score (nSPS) is 11.1. The van der Waals surface area contributed by atoms with Crippen LogP contribution in [-0.2, 0) is 5.75 Å². The number of benzene rings is 1. The predicted molar refractivity (Wildman–Crippen MR) is 87.3 cm³/mol. The summed E-state index contributed by atoms with van der Waals surface area (Å²) in [6, 6.07) is 8.00. The number of thiophene rings is 1. The lowest BCUT2D eigenvalue weighted by Crippen LogP contribution is -1.88. The summed E-state index contributed by atoms with van der Waals surface area (Å²) in [7, 11) is 0. The third kappa shape index (κ3) is 2.51. The summed E-state index contributed by atoms with van der Waals surface area (Å²) in [5.74, 6) is 0.890. The van der Waals surface area contributed by atoms with E-state index >= 15 is 0 Å². The van der Waals surface area contributed by atoms with Gasteiger partial charge in [-0.25, -0.2) is 9.97 Å². The molecule has 5 heteroatoms. The molecule has 102 valence electrons. The largest absolute Gasteiger partial charge is 0.399 e. The quantitative estimate of drug-likeness (QED) is 0.448. The van der Waals surface area contributed by atoms with E-state index in [4.69, 9.17) is 5.73 Å². The molecule has 0 aliphatic heterocycles. The van der Waals surface area contributed by atoms with Gasteiger partial charge in [0.25, 0.3) is 0 Å². The van der Waals surface area contributed by atoms with Crippen LogP contribution in [0, 0.1) is 13.8 Å². The average molecular weight is 301 g/mol. The van der Waals surface area contributed by atoms with Crippen LogP contribution in [0.25, 0.3) is 10.2 Å². The van der Waals surface area contributed by atoms with E-state index in [0.29, 0.717) is 0 Å². The number of anilines is 1. The molecular formula is C15H15N3S2. The van der Waals surface area contributed by atoms with Crippen molar-refractivity contribution in [2.75, 3.05) is 5.73 Å². The second kappa shape index (κ2) is 5.42. The van der Waals surface area contributed by atoms with Crippen LogP contribution in [-0.4, -0.2) is 9.97 Å². The van der Waals surface area contributed by atoms with Gasteiger partial charge in [0.2, 0.25) is 0 Å². The van der Waals surface area contributed by atoms with Crippen LogP contribution in [0.4, 0.5) is 5.69 Å². The highest BCUT2D eigenvalue weighted by Crippen LogP contribution is 2.35. The third-order valence-electron chi connectivity index (χ3n) is 3.29. The zero-order valence-electron chi connectivity index (χ0n) is 11.4. The minimum absolute atomic E-state index is 0.799. The third-order valence-corrected chi connectivity index (χ3v) is 5.46. The van der Waals surface area contributed by atoms with Crippen LogP contribution in [0.15, 0.2) is 35.6 Å². The number of rotatable bonds is 3. The molecule has 1 aromatic carbocycles. The molecule has 0 radical (unpaired) electrons. The first-order valence-electron chi connectivity index (χ1n) is 6.33. The number of thioether (sulfide) groups is 1. The minimum Gasteiger partial charge on any atom is -0.399 e. The molecule has 0 saturated heterocycles. The molecule has 20 heavy (non-hydrogen) atoms. The lowest BCUT2D eigenvalue weighted by Gasteiger charge is -2.04. The van der Waals surface area contributed by atoms with Gasteiger partial charge in [-0.2, -0.15) is 0 Å². The van der Waals surface area contributed by atoms with Crippen molar-refractivity contribution in [2.24, 2.45) is 0 Å². The topological polar surface area (TPSA) is 51.8 Å². The predicted octanol–water partition coefficient (Wildman–Crippen LogP) is 4.18. The number of fused-ring (bicyclic) bond motifs is 1. The maximum absolute atomic E-state index is 5.70. The van der Waals surface area contributed by atoms with Gasteiger partial charge in [0.05, 0.1) is 0 Å². The standard InChI is InChI=1S/C15H15N3S2/c1-9-10(2)20-15-13(9)14(17-8-18-15)19-7-11-3-5-12(16)6-4-11/h3-6,8H,7,16H2,1-2H3. The van der Waals surface area contributed by atoms with Crippen LogP contribution < -0.4 is 5.73 Å². The van der Waals surface area contributed by atoms with E-state index in [1.54, 1.807) is 29.4 Å². The van der Waals surface area contributed by atoms with E-state index in [2.05, 4.69) is 35.9 Å². The molecule has 0 fully saturated rings. The molecule has 2 heterocycles. The van der Waals surface area contributed by atoms with Crippen LogP contribution in [0.5, 0.6) is 0 Å². The Kier molecular flexibility index (Phi) is 3.63. The summed E-state index contributed by atoms with van der Waals surface area (Å²) in [6.45, 7) is 4.28. The van der Waals surface area contributed by atoms with Gasteiger partial charge in [-0.05, 0) is 37.1 Å². The Balaban J connectivity index is 1.89. The maximum atomic E-state index is 5.70. The van der Waals surface area contributed by atoms with Crippen LogP contribution in [0.1, 0.15) is 16.0 Å². The average Bonchev–Trinajstić information content (AvgIpc) is 2.74. The summed E-state index contributed by atoms with van der Waals surface area (Å²) in [5.41, 5.74) is 9.05. The Morgan fingerprint density at radius 1 is 1.15 bits per heavy atom. The molecule has 2 aromatic heterocycles. The number of hydrogen-bond acceptors (Lipinski definition) is 5. The molecule has 0 bridgehead atoms. The van der Waals surface area contributed by atoms with Gasteiger partial charge in [0.1, 0.15) is 16.2 Å². The van der Waals surface area contributed by atoms with Crippen molar-refractivity contribution in [2.45, 2.75) is 24.6 Å². The number of nitrogens with two attached hydrogens (primary N) is 1. The van der Waals surface area contributed by atoms with Gasteiger partial charge in [-0.1, -0.05) is 12.1 Å². The molecule has 0 aliphatic carbocycles. The summed E-state index contributed by atoms with van der Waals surface area (Å²) in [4.78, 5) is 11.2. The molecule has 2 N–H and O–H groups in total. The van der Waals surface area contributed by atoms with Crippen LogP contribution in [0.2, 0.25) is 0 Å². The zero-order valence-corrected chi connectivity index (χ0v) is 13.0. The summed E-state index contributed by atoms with van der Waals surface area (Å²) < 4.78 is 0. The first kappa shape index (κ1) is 13.4. The molecule has 0 saturated carbocycles. The Morgan fingerprint density at radius 2 is 1.90 bits per heavy atom. The van der Waals surface area contributed by atoms with E-state index in [0.717, 1.165) is 21.3 Å². The van der Waals surface area contributed by atoms with Crippen molar-refractivity contribution in [1.29, 1.82) is 0 Å². The fourth-order valence-electron chi connectivity index (χ4n) is 2.03. The van der Waals surface area contributed by atoms with Gasteiger partial charge in [0, 0.05) is 21.7 Å². The number of nitrogen functional groups attached to an aromatic ring is 1. The van der Waals surface area contributed by atoms with Crippen LogP contribution in [0.3, 0.4) is 0 Å². The molecule has 0 aliphatic rings. The number of aromatic nitrogens is 2. The SMILES string of the molecule is Cc1sc2ncnc(SCc3ccc(N)cc3)c2c1C. The second-order valence-corrected chi connectivity index (χ2v) is 6.84. The number of nitrogens with zero attached hydrogens (tertiary/aromatic N) is 2. The lowest BCUT2D eigenvalue weighted by atomic mass is 10.2. The highest BCUT2D eigenvalue weighted by Gasteiger charge is 2.12. The molecule has 0 unspecified atom stereocenters. The van der Waals surface area contributed by atoms with Gasteiger partial charge in [0.15, 0.2) is 0 Å². The van der Waals surface area contributed by atoms with Gasteiger partial charge in [-0.3, -0.25) is 0 Å². The van der Waals surface area contributed by atoms with E-state index < -0.39 is 0 Å². The fourth-order valence-corrected chi connectivity index (χ4v) is 4.10. The van der Waals surface area contributed by atoms with E-state index in [1.165, 1.54) is 21.4 Å². The summed E-state index contributed by atoms with van der Waals surface area (Å²) in [5, 5.41) is 2.27. The fraction of sp³-hybridized carbons (Fsp3) is 0.200. The van der Waals surface area contributed by atoms with Crippen molar-refractivity contribution in [3.8, 4) is 0 Å². The summed E-state index contributed by atoms with van der Waals surface area (Å²) >= 11 is 3.49. The molecule has 3 nitrogen and oxygen atoms in total.